The molecule has 1 heterocycles. The van der Waals surface area contributed by atoms with Crippen LogP contribution in [0.5, 0.6) is 0 Å². The maximum absolute atomic E-state index is 11.8. The third-order valence-electron chi connectivity index (χ3n) is 5.77. The Bertz CT molecular complexity index is 443. The first-order chi connectivity index (χ1) is 8.87. The number of rotatable bonds is 0. The number of aliphatic hydroxyl groups excluding tert-OH is 2. The SMILES string of the molecule is CC1=CC[C@@H](O)[C@@]2(C)[C@H](O)C[C@@H]3[C@@H](OC(=O)[C@@H]3C)[C@H]12. The lowest BCUT2D eigenvalue weighted by Gasteiger charge is -2.54. The van der Waals surface area contributed by atoms with Gasteiger partial charge in [0.05, 0.1) is 18.1 Å². The van der Waals surface area contributed by atoms with Crippen LogP contribution in [0.15, 0.2) is 11.6 Å². The molecule has 1 saturated carbocycles. The lowest BCUT2D eigenvalue weighted by Crippen LogP contribution is -2.59. The molecule has 3 aliphatic rings. The van der Waals surface area contributed by atoms with Crippen LogP contribution >= 0.6 is 0 Å². The summed E-state index contributed by atoms with van der Waals surface area (Å²) in [6.45, 7) is 5.82. The van der Waals surface area contributed by atoms with E-state index in [0.29, 0.717) is 12.8 Å². The van der Waals surface area contributed by atoms with E-state index in [1.165, 1.54) is 0 Å². The Labute approximate surface area is 113 Å². The molecular formula is C15H22O4. The van der Waals surface area contributed by atoms with E-state index in [9.17, 15) is 15.0 Å². The highest BCUT2D eigenvalue weighted by Gasteiger charge is 2.61. The minimum atomic E-state index is -0.607. The van der Waals surface area contributed by atoms with E-state index in [4.69, 9.17) is 4.74 Å². The fourth-order valence-corrected chi connectivity index (χ4v) is 4.37. The summed E-state index contributed by atoms with van der Waals surface area (Å²) in [6.07, 6.45) is 1.76. The number of fused-ring (bicyclic) bond motifs is 3. The third-order valence-corrected chi connectivity index (χ3v) is 5.77. The Morgan fingerprint density at radius 2 is 2.05 bits per heavy atom. The monoisotopic (exact) mass is 266 g/mol. The lowest BCUT2D eigenvalue weighted by atomic mass is 9.53. The molecule has 0 bridgehead atoms. The van der Waals surface area contributed by atoms with Crippen molar-refractivity contribution >= 4 is 5.97 Å². The van der Waals surface area contributed by atoms with Gasteiger partial charge in [-0.05, 0) is 19.8 Å². The van der Waals surface area contributed by atoms with Gasteiger partial charge in [0.15, 0.2) is 0 Å². The smallest absolute Gasteiger partial charge is 0.309 e. The number of aliphatic hydroxyl groups is 2. The molecule has 4 nitrogen and oxygen atoms in total. The van der Waals surface area contributed by atoms with Gasteiger partial charge in [-0.25, -0.2) is 0 Å². The van der Waals surface area contributed by atoms with Gasteiger partial charge in [-0.3, -0.25) is 4.79 Å². The Morgan fingerprint density at radius 3 is 2.74 bits per heavy atom. The van der Waals surface area contributed by atoms with Crippen molar-refractivity contribution in [1.82, 2.24) is 0 Å². The number of hydrogen-bond donors (Lipinski definition) is 2. The van der Waals surface area contributed by atoms with Gasteiger partial charge in [0.1, 0.15) is 6.10 Å². The second-order valence-corrected chi connectivity index (χ2v) is 6.65. The highest BCUT2D eigenvalue weighted by atomic mass is 16.6. The zero-order valence-electron chi connectivity index (χ0n) is 11.7. The van der Waals surface area contributed by atoms with Gasteiger partial charge in [0.25, 0.3) is 0 Å². The first-order valence-electron chi connectivity index (χ1n) is 7.10. The van der Waals surface area contributed by atoms with Crippen LogP contribution in [0, 0.1) is 23.2 Å². The van der Waals surface area contributed by atoms with E-state index in [0.717, 1.165) is 5.57 Å². The summed E-state index contributed by atoms with van der Waals surface area (Å²) < 4.78 is 5.58. The summed E-state index contributed by atoms with van der Waals surface area (Å²) in [6, 6.07) is 0. The van der Waals surface area contributed by atoms with E-state index >= 15 is 0 Å². The minimum Gasteiger partial charge on any atom is -0.461 e. The van der Waals surface area contributed by atoms with Gasteiger partial charge >= 0.3 is 5.97 Å². The van der Waals surface area contributed by atoms with Crippen molar-refractivity contribution in [2.45, 2.75) is 51.9 Å². The van der Waals surface area contributed by atoms with Crippen molar-refractivity contribution in [2.24, 2.45) is 23.2 Å². The zero-order valence-corrected chi connectivity index (χ0v) is 11.7. The first-order valence-corrected chi connectivity index (χ1v) is 7.10. The molecule has 0 spiro atoms. The van der Waals surface area contributed by atoms with Crippen LogP contribution in [-0.2, 0) is 9.53 Å². The summed E-state index contributed by atoms with van der Waals surface area (Å²) in [5.41, 5.74) is 0.521. The zero-order chi connectivity index (χ0) is 13.9. The molecule has 0 unspecified atom stereocenters. The molecule has 0 aromatic heterocycles. The maximum Gasteiger partial charge on any atom is 0.309 e. The molecule has 1 saturated heterocycles. The molecular weight excluding hydrogens is 244 g/mol. The number of ether oxygens (including phenoxy) is 1. The normalized spacial score (nSPS) is 53.1. The van der Waals surface area contributed by atoms with Gasteiger partial charge in [0, 0.05) is 17.3 Å². The molecule has 0 radical (unpaired) electrons. The molecule has 2 N–H and O–H groups in total. The molecule has 2 aliphatic carbocycles. The van der Waals surface area contributed by atoms with Crippen LogP contribution in [0.4, 0.5) is 0 Å². The van der Waals surface area contributed by atoms with Crippen molar-refractivity contribution in [3.63, 3.8) is 0 Å². The Morgan fingerprint density at radius 1 is 1.37 bits per heavy atom. The second kappa shape index (κ2) is 4.06. The van der Waals surface area contributed by atoms with Crippen LogP contribution in [0.2, 0.25) is 0 Å². The van der Waals surface area contributed by atoms with E-state index in [2.05, 4.69) is 0 Å². The van der Waals surface area contributed by atoms with Crippen LogP contribution < -0.4 is 0 Å². The summed E-state index contributed by atoms with van der Waals surface area (Å²) in [4.78, 5) is 11.8. The van der Waals surface area contributed by atoms with Crippen molar-refractivity contribution in [2.75, 3.05) is 0 Å². The van der Waals surface area contributed by atoms with Crippen LogP contribution in [0.1, 0.15) is 33.6 Å². The van der Waals surface area contributed by atoms with E-state index in [1.807, 2.05) is 26.8 Å². The Balaban J connectivity index is 2.06. The Kier molecular flexibility index (Phi) is 2.81. The topological polar surface area (TPSA) is 66.8 Å². The van der Waals surface area contributed by atoms with Crippen molar-refractivity contribution in [3.8, 4) is 0 Å². The molecule has 3 rings (SSSR count). The molecule has 0 aromatic rings. The average Bonchev–Trinajstić information content (AvgIpc) is 2.62. The molecule has 7 atom stereocenters. The largest absolute Gasteiger partial charge is 0.461 e. The summed E-state index contributed by atoms with van der Waals surface area (Å²) >= 11 is 0. The Hall–Kier alpha value is -0.870. The fraction of sp³-hybridized carbons (Fsp3) is 0.800. The van der Waals surface area contributed by atoms with Gasteiger partial charge in [-0.15, -0.1) is 0 Å². The van der Waals surface area contributed by atoms with E-state index in [-0.39, 0.29) is 29.8 Å². The molecule has 0 amide bonds. The number of esters is 1. The second-order valence-electron chi connectivity index (χ2n) is 6.65. The summed E-state index contributed by atoms with van der Waals surface area (Å²) in [5, 5.41) is 20.9. The predicted octanol–water partition coefficient (Wildman–Crippen LogP) is 1.26. The minimum absolute atomic E-state index is 0.0641. The quantitative estimate of drug-likeness (QED) is 0.512. The van der Waals surface area contributed by atoms with Crippen LogP contribution in [0.25, 0.3) is 0 Å². The van der Waals surface area contributed by atoms with Crippen LogP contribution in [-0.4, -0.2) is 34.5 Å². The van der Waals surface area contributed by atoms with Gasteiger partial charge < -0.3 is 14.9 Å². The van der Waals surface area contributed by atoms with Gasteiger partial charge in [-0.2, -0.15) is 0 Å². The summed E-state index contributed by atoms with van der Waals surface area (Å²) in [5.74, 6) is -0.330. The van der Waals surface area contributed by atoms with E-state index < -0.39 is 17.6 Å². The molecule has 1 aliphatic heterocycles. The maximum atomic E-state index is 11.8. The molecule has 2 fully saturated rings. The van der Waals surface area contributed by atoms with Crippen molar-refractivity contribution in [1.29, 1.82) is 0 Å². The standard InChI is InChI=1S/C15H22O4/c1-7-4-5-10(16)15(3)11(17)6-9-8(2)14(18)19-13(9)12(7)15/h4,8-13,16-17H,5-6H2,1-3H3/t8-,9+,10-,11-,12+,13-,15+/m1/s1. The fourth-order valence-electron chi connectivity index (χ4n) is 4.37. The number of carbonyl (C=O) groups is 1. The first kappa shape index (κ1) is 13.1. The third kappa shape index (κ3) is 1.56. The van der Waals surface area contributed by atoms with Crippen molar-refractivity contribution < 1.29 is 19.7 Å². The molecule has 0 aromatic carbocycles. The van der Waals surface area contributed by atoms with E-state index in [1.54, 1.807) is 0 Å². The highest BCUT2D eigenvalue weighted by Crippen LogP contribution is 2.56. The summed E-state index contributed by atoms with van der Waals surface area (Å²) in [7, 11) is 0. The van der Waals surface area contributed by atoms with Crippen molar-refractivity contribution in [3.05, 3.63) is 11.6 Å². The van der Waals surface area contributed by atoms with Gasteiger partial charge in [0.2, 0.25) is 0 Å². The average molecular weight is 266 g/mol. The predicted molar refractivity (Wildman–Crippen MR) is 69.1 cm³/mol. The van der Waals surface area contributed by atoms with Crippen LogP contribution in [0.3, 0.4) is 0 Å². The highest BCUT2D eigenvalue weighted by molar-refractivity contribution is 5.75. The number of carbonyl (C=O) groups excluding carboxylic acids is 1. The molecule has 4 heteroatoms. The van der Waals surface area contributed by atoms with Gasteiger partial charge in [-0.1, -0.05) is 25.5 Å². The number of hydrogen-bond acceptors (Lipinski definition) is 4. The molecule has 19 heavy (non-hydrogen) atoms. The lowest BCUT2D eigenvalue weighted by molar-refractivity contribution is -0.170. The molecule has 106 valence electrons.